The summed E-state index contributed by atoms with van der Waals surface area (Å²) in [6.45, 7) is 13.3. The third kappa shape index (κ3) is 8.78. The van der Waals surface area contributed by atoms with Gasteiger partial charge in [-0.2, -0.15) is 0 Å². The summed E-state index contributed by atoms with van der Waals surface area (Å²) >= 11 is 0. The van der Waals surface area contributed by atoms with Gasteiger partial charge >= 0.3 is 5.97 Å². The van der Waals surface area contributed by atoms with Gasteiger partial charge in [0.05, 0.1) is 19.5 Å². The Balaban J connectivity index is 3.66. The zero-order chi connectivity index (χ0) is 14.0. The van der Waals surface area contributed by atoms with Crippen LogP contribution in [0, 0.1) is 0 Å². The predicted octanol–water partition coefficient (Wildman–Crippen LogP) is 2.04. The van der Waals surface area contributed by atoms with Crippen molar-refractivity contribution in [3.8, 4) is 0 Å². The van der Waals surface area contributed by atoms with Gasteiger partial charge in [0.2, 0.25) is 0 Å². The molecule has 0 aliphatic rings. The molecule has 18 heavy (non-hydrogen) atoms. The summed E-state index contributed by atoms with van der Waals surface area (Å²) in [7, 11) is 0. The van der Waals surface area contributed by atoms with Crippen LogP contribution >= 0.6 is 0 Å². The van der Waals surface area contributed by atoms with Crippen molar-refractivity contribution in [3.63, 3.8) is 0 Å². The number of rotatable bonds is 10. The number of ether oxygens (including phenoxy) is 4. The molecule has 0 atom stereocenters. The minimum absolute atomic E-state index is 0.168. The molecule has 0 bridgehead atoms. The molecule has 0 amide bonds. The Morgan fingerprint density at radius 3 is 2.22 bits per heavy atom. The van der Waals surface area contributed by atoms with E-state index in [9.17, 15) is 4.79 Å². The second-order valence-corrected chi connectivity index (χ2v) is 4.05. The highest BCUT2D eigenvalue weighted by molar-refractivity contribution is 5.86. The number of hydrogen-bond donors (Lipinski definition) is 0. The van der Waals surface area contributed by atoms with Gasteiger partial charge < -0.3 is 18.9 Å². The van der Waals surface area contributed by atoms with Crippen LogP contribution in [0.2, 0.25) is 0 Å². The van der Waals surface area contributed by atoms with Crippen molar-refractivity contribution in [1.29, 1.82) is 0 Å². The maximum Gasteiger partial charge on any atom is 0.333 e. The lowest BCUT2D eigenvalue weighted by Crippen LogP contribution is -2.31. The molecule has 0 aliphatic carbocycles. The van der Waals surface area contributed by atoms with Crippen molar-refractivity contribution in [2.24, 2.45) is 0 Å². The molecule has 5 nitrogen and oxygen atoms in total. The smallest absolute Gasteiger partial charge is 0.333 e. The van der Waals surface area contributed by atoms with Gasteiger partial charge in [0.15, 0.2) is 5.79 Å². The Kier molecular flexibility index (Phi) is 8.07. The third-order valence-electron chi connectivity index (χ3n) is 1.88. The molecule has 0 heterocycles. The van der Waals surface area contributed by atoms with Crippen molar-refractivity contribution in [3.05, 3.63) is 25.0 Å². The van der Waals surface area contributed by atoms with E-state index in [4.69, 9.17) is 18.9 Å². The van der Waals surface area contributed by atoms with Crippen molar-refractivity contribution in [2.45, 2.75) is 26.6 Å². The molecular formula is C13H22O5. The van der Waals surface area contributed by atoms with Crippen molar-refractivity contribution >= 4 is 5.97 Å². The highest BCUT2D eigenvalue weighted by Crippen LogP contribution is 2.10. The van der Waals surface area contributed by atoms with Crippen molar-refractivity contribution < 1.29 is 23.7 Å². The van der Waals surface area contributed by atoms with E-state index >= 15 is 0 Å². The zero-order valence-corrected chi connectivity index (χ0v) is 11.4. The molecule has 0 N–H and O–H groups in total. The first kappa shape index (κ1) is 16.7. The fourth-order valence-corrected chi connectivity index (χ4v) is 1.01. The molecule has 5 heteroatoms. The van der Waals surface area contributed by atoms with E-state index in [-0.39, 0.29) is 13.2 Å². The van der Waals surface area contributed by atoms with Crippen LogP contribution in [0.4, 0.5) is 0 Å². The van der Waals surface area contributed by atoms with E-state index < -0.39 is 11.8 Å². The summed E-state index contributed by atoms with van der Waals surface area (Å²) in [5.41, 5.74) is 0.368. The van der Waals surface area contributed by atoms with E-state index in [1.807, 2.05) is 0 Å². The lowest BCUT2D eigenvalue weighted by molar-refractivity contribution is -0.221. The van der Waals surface area contributed by atoms with Crippen LogP contribution in [0.15, 0.2) is 25.0 Å². The molecular weight excluding hydrogens is 236 g/mol. The fourth-order valence-electron chi connectivity index (χ4n) is 1.01. The van der Waals surface area contributed by atoms with Crippen LogP contribution in [-0.2, 0) is 23.7 Å². The largest absolute Gasteiger partial charge is 0.499 e. The van der Waals surface area contributed by atoms with Gasteiger partial charge in [-0.05, 0) is 20.8 Å². The van der Waals surface area contributed by atoms with Crippen LogP contribution in [-0.4, -0.2) is 38.2 Å². The summed E-state index contributed by atoms with van der Waals surface area (Å²) in [5, 5.41) is 0. The molecule has 0 fully saturated rings. The summed E-state index contributed by atoms with van der Waals surface area (Å²) in [4.78, 5) is 11.1. The van der Waals surface area contributed by atoms with E-state index in [0.29, 0.717) is 18.8 Å². The van der Waals surface area contributed by atoms with Crippen LogP contribution in [0.5, 0.6) is 0 Å². The lowest BCUT2D eigenvalue weighted by Gasteiger charge is -2.25. The Morgan fingerprint density at radius 1 is 1.17 bits per heavy atom. The molecule has 0 saturated heterocycles. The average Bonchev–Trinajstić information content (AvgIpc) is 2.30. The normalized spacial score (nSPS) is 10.8. The molecule has 0 aliphatic heterocycles. The summed E-state index contributed by atoms with van der Waals surface area (Å²) < 4.78 is 20.7. The van der Waals surface area contributed by atoms with Crippen LogP contribution in [0.25, 0.3) is 0 Å². The summed E-state index contributed by atoms with van der Waals surface area (Å²) in [5.74, 6) is -1.17. The van der Waals surface area contributed by atoms with Gasteiger partial charge in [-0.3, -0.25) is 0 Å². The molecule has 0 aromatic carbocycles. The van der Waals surface area contributed by atoms with E-state index in [1.165, 1.54) is 6.26 Å². The first-order chi connectivity index (χ1) is 8.39. The fraction of sp³-hybridized carbons (Fsp3) is 0.615. The van der Waals surface area contributed by atoms with Gasteiger partial charge in [0.25, 0.3) is 0 Å². The van der Waals surface area contributed by atoms with Gasteiger partial charge in [-0.15, -0.1) is 0 Å². The molecule has 0 rings (SSSR count). The summed E-state index contributed by atoms with van der Waals surface area (Å²) in [6.07, 6.45) is 1.36. The minimum atomic E-state index is -0.750. The van der Waals surface area contributed by atoms with Crippen LogP contribution < -0.4 is 0 Å². The van der Waals surface area contributed by atoms with Crippen LogP contribution in [0.3, 0.4) is 0 Å². The maximum atomic E-state index is 11.1. The van der Waals surface area contributed by atoms with E-state index in [0.717, 1.165) is 0 Å². The second-order valence-electron chi connectivity index (χ2n) is 4.05. The van der Waals surface area contributed by atoms with Gasteiger partial charge in [0.1, 0.15) is 13.2 Å². The highest BCUT2D eigenvalue weighted by Gasteiger charge is 2.18. The Morgan fingerprint density at radius 2 is 1.72 bits per heavy atom. The van der Waals surface area contributed by atoms with Crippen molar-refractivity contribution in [2.75, 3.05) is 26.4 Å². The van der Waals surface area contributed by atoms with Crippen molar-refractivity contribution in [1.82, 2.24) is 0 Å². The minimum Gasteiger partial charge on any atom is -0.499 e. The van der Waals surface area contributed by atoms with Gasteiger partial charge in [-0.25, -0.2) is 4.79 Å². The van der Waals surface area contributed by atoms with Crippen LogP contribution in [0.1, 0.15) is 20.8 Å². The second kappa shape index (κ2) is 8.72. The first-order valence-corrected chi connectivity index (χ1v) is 5.72. The maximum absolute atomic E-state index is 11.1. The van der Waals surface area contributed by atoms with Gasteiger partial charge in [0, 0.05) is 5.57 Å². The molecule has 104 valence electrons. The quantitative estimate of drug-likeness (QED) is 0.197. The number of carbonyl (C=O) groups is 1. The zero-order valence-electron chi connectivity index (χ0n) is 11.4. The topological polar surface area (TPSA) is 54.0 Å². The average molecular weight is 258 g/mol. The lowest BCUT2D eigenvalue weighted by atomic mass is 10.4. The Bertz CT molecular complexity index is 283. The Labute approximate surface area is 108 Å². The van der Waals surface area contributed by atoms with Gasteiger partial charge in [-0.1, -0.05) is 13.2 Å². The molecule has 0 aromatic rings. The third-order valence-corrected chi connectivity index (χ3v) is 1.88. The molecule has 0 aromatic heterocycles. The molecule has 0 spiro atoms. The molecule has 0 radical (unpaired) electrons. The number of carbonyl (C=O) groups excluding carboxylic acids is 1. The monoisotopic (exact) mass is 258 g/mol. The number of esters is 1. The SMILES string of the molecule is C=COCCOC(C)(C)OCCOC(=O)C(=C)C. The summed E-state index contributed by atoms with van der Waals surface area (Å²) in [6, 6.07) is 0. The standard InChI is InChI=1S/C13H22O5/c1-6-15-7-9-17-13(4,5)18-10-8-16-12(14)11(2)3/h6H,1-2,7-10H2,3-5H3. The highest BCUT2D eigenvalue weighted by atomic mass is 16.7. The molecule has 0 saturated carbocycles. The Hall–Kier alpha value is -1.33. The van der Waals surface area contributed by atoms with E-state index in [2.05, 4.69) is 13.2 Å². The van der Waals surface area contributed by atoms with E-state index in [1.54, 1.807) is 20.8 Å². The first-order valence-electron chi connectivity index (χ1n) is 5.72. The number of hydrogen-bond acceptors (Lipinski definition) is 5. The predicted molar refractivity (Wildman–Crippen MR) is 67.9 cm³/mol. The molecule has 0 unspecified atom stereocenters.